The van der Waals surface area contributed by atoms with E-state index >= 15 is 0 Å². The summed E-state index contributed by atoms with van der Waals surface area (Å²) in [5, 5.41) is 1.72. The number of benzene rings is 3. The van der Waals surface area contributed by atoms with E-state index in [9.17, 15) is 18.0 Å². The van der Waals surface area contributed by atoms with Crippen LogP contribution in [0, 0.1) is 0 Å². The third-order valence-corrected chi connectivity index (χ3v) is 6.14. The van der Waals surface area contributed by atoms with Gasteiger partial charge in [0.2, 0.25) is 0 Å². The van der Waals surface area contributed by atoms with E-state index in [4.69, 9.17) is 4.74 Å². The van der Waals surface area contributed by atoms with Crippen molar-refractivity contribution < 1.29 is 48.2 Å². The fraction of sp³-hybridized carbons (Fsp3) is 0.231. The van der Waals surface area contributed by atoms with Crippen molar-refractivity contribution in [1.29, 1.82) is 0 Å². The predicted octanol–water partition coefficient (Wildman–Crippen LogP) is 0.796. The molecule has 4 aromatic rings. The van der Waals surface area contributed by atoms with Crippen molar-refractivity contribution in [1.82, 2.24) is 9.55 Å². The normalized spacial score (nSPS) is 11.4. The first-order valence-electron chi connectivity index (χ1n) is 10.9. The zero-order chi connectivity index (χ0) is 25.5. The Morgan fingerprint density at radius 3 is 2.19 bits per heavy atom. The van der Waals surface area contributed by atoms with Crippen molar-refractivity contribution in [2.24, 2.45) is 0 Å². The maximum Gasteiger partial charge on any atom is 1.00 e. The van der Waals surface area contributed by atoms with E-state index in [-0.39, 0.29) is 40.4 Å². The summed E-state index contributed by atoms with van der Waals surface area (Å²) in [6, 6.07) is 16.0. The van der Waals surface area contributed by atoms with Gasteiger partial charge in [0.1, 0.15) is 5.75 Å². The smallest absolute Gasteiger partial charge is 0.577 e. The molecular weight excluding hydrogens is 505 g/mol. The molecule has 11 heteroatoms. The minimum atomic E-state index is -3.50. The van der Waals surface area contributed by atoms with Gasteiger partial charge in [-0.3, -0.25) is 14.3 Å². The molecule has 0 fully saturated rings. The van der Waals surface area contributed by atoms with Crippen molar-refractivity contribution in [3.63, 3.8) is 0 Å². The number of sulfonamides is 1. The first-order valence-corrected chi connectivity index (χ1v) is 12.7. The molecule has 0 aliphatic carbocycles. The van der Waals surface area contributed by atoms with Crippen molar-refractivity contribution in [3.05, 3.63) is 91.9 Å². The number of nitrogens with one attached hydrogen (secondary N) is 1. The number of rotatable bonds is 5. The number of methoxy groups -OCH3 is 1. The Morgan fingerprint density at radius 2 is 1.59 bits per heavy atom. The van der Waals surface area contributed by atoms with Crippen LogP contribution in [0.2, 0.25) is 0 Å². The van der Waals surface area contributed by atoms with Crippen LogP contribution in [0.5, 0.6) is 5.75 Å². The molecule has 0 aliphatic rings. The Morgan fingerprint density at radius 1 is 0.946 bits per heavy atom. The van der Waals surface area contributed by atoms with Gasteiger partial charge in [-0.15, -0.1) is 5.69 Å². The average Bonchev–Trinajstić information content (AvgIpc) is 2.76. The van der Waals surface area contributed by atoms with E-state index in [1.807, 2.05) is 36.4 Å². The summed E-state index contributed by atoms with van der Waals surface area (Å²) in [6.07, 6.45) is 2.51. The second-order valence-electron chi connectivity index (χ2n) is 9.37. The summed E-state index contributed by atoms with van der Waals surface area (Å²) in [7, 11) is -1.89. The summed E-state index contributed by atoms with van der Waals surface area (Å²) in [4.78, 5) is 26.4. The fourth-order valence-corrected chi connectivity index (χ4v) is 4.51. The third-order valence-electron chi connectivity index (χ3n) is 5.59. The van der Waals surface area contributed by atoms with Crippen LogP contribution in [0.25, 0.3) is 32.3 Å². The first kappa shape index (κ1) is 30.3. The molecule has 1 heterocycles. The Kier molecular flexibility index (Phi) is 9.22. The number of hydrogen-bond acceptors (Lipinski definition) is 5. The van der Waals surface area contributed by atoms with Gasteiger partial charge in [-0.1, -0.05) is 51.1 Å². The van der Waals surface area contributed by atoms with E-state index in [1.165, 1.54) is 16.8 Å². The monoisotopic (exact) mass is 533 g/mol. The number of fused-ring (bicyclic) bond motifs is 1. The van der Waals surface area contributed by atoms with Crippen molar-refractivity contribution in [2.45, 2.75) is 26.2 Å². The molecule has 0 radical (unpaired) electrons. The molecule has 0 amide bonds. The quantitative estimate of drug-likeness (QED) is 0.377. The van der Waals surface area contributed by atoms with Gasteiger partial charge in [-0.05, 0) is 39.9 Å². The number of aromatic nitrogens is 2. The Bertz CT molecular complexity index is 1670. The van der Waals surface area contributed by atoms with Crippen LogP contribution in [0.15, 0.2) is 70.4 Å². The zero-order valence-corrected chi connectivity index (χ0v) is 24.4. The number of ether oxygens (including phenoxy) is 1. The van der Waals surface area contributed by atoms with Gasteiger partial charge >= 0.3 is 35.2 Å². The zero-order valence-electron chi connectivity index (χ0n) is 21.6. The first-order chi connectivity index (χ1) is 16.4. The third kappa shape index (κ3) is 6.71. The maximum absolute atomic E-state index is 12.5. The average molecular weight is 534 g/mol. The van der Waals surface area contributed by atoms with Gasteiger partial charge in [-0.25, -0.2) is 13.2 Å². The SMILES string of the molecule is COc1c(-c2ccc3cc([N-]S(C)(=O)=O)ccc3c2)cc(-n2ccc(=O)[nH]c2=O)cc1C(C)(C)C.O.[Na+]. The molecule has 37 heavy (non-hydrogen) atoms. The molecule has 0 spiro atoms. The fourth-order valence-electron chi connectivity index (χ4n) is 4.01. The van der Waals surface area contributed by atoms with Gasteiger partial charge in [0.25, 0.3) is 5.56 Å². The van der Waals surface area contributed by atoms with Gasteiger partial charge < -0.3 is 14.9 Å². The second-order valence-corrected chi connectivity index (χ2v) is 11.0. The molecule has 0 saturated carbocycles. The van der Waals surface area contributed by atoms with E-state index < -0.39 is 21.3 Å². The van der Waals surface area contributed by atoms with Crippen LogP contribution in [0.3, 0.4) is 0 Å². The summed E-state index contributed by atoms with van der Waals surface area (Å²) in [6.45, 7) is 6.17. The summed E-state index contributed by atoms with van der Waals surface area (Å²) < 4.78 is 34.0. The maximum atomic E-state index is 12.5. The number of aromatic amines is 1. The summed E-state index contributed by atoms with van der Waals surface area (Å²) >= 11 is 0. The molecule has 0 atom stereocenters. The molecule has 4 rings (SSSR count). The van der Waals surface area contributed by atoms with Crippen LogP contribution < -0.4 is 45.5 Å². The molecule has 0 bridgehead atoms. The molecule has 9 nitrogen and oxygen atoms in total. The predicted molar refractivity (Wildman–Crippen MR) is 142 cm³/mol. The van der Waals surface area contributed by atoms with Crippen LogP contribution in [-0.4, -0.2) is 36.8 Å². The largest absolute Gasteiger partial charge is 1.00 e. The molecule has 0 unspecified atom stereocenters. The summed E-state index contributed by atoms with van der Waals surface area (Å²) in [5.74, 6) is 0.682. The number of hydrogen-bond donors (Lipinski definition) is 1. The molecule has 190 valence electrons. The summed E-state index contributed by atoms with van der Waals surface area (Å²) in [5.41, 5.74) is 2.18. The van der Waals surface area contributed by atoms with E-state index in [0.29, 0.717) is 17.1 Å². The van der Waals surface area contributed by atoms with E-state index in [2.05, 4.69) is 30.5 Å². The molecule has 1 aromatic heterocycles. The standard InChI is InChI=1S/C26H26N3O5S.Na.H2O/c1-26(2,3)22-15-20(29-11-10-23(30)27-25(29)31)14-21(24(22)34-4)18-7-6-17-13-19(28-35(5,32)33)9-8-16(17)12-18;;/h6-15H,1-5H3,(H,27,30,31);;1H2/q-1;+1;. The second kappa shape index (κ2) is 11.2. The van der Waals surface area contributed by atoms with Gasteiger partial charge in [0.05, 0.1) is 22.8 Å². The van der Waals surface area contributed by atoms with Crippen molar-refractivity contribution in [3.8, 4) is 22.6 Å². The van der Waals surface area contributed by atoms with Gasteiger partial charge in [0.15, 0.2) is 0 Å². The van der Waals surface area contributed by atoms with Gasteiger partial charge in [0, 0.05) is 29.6 Å². The molecule has 3 N–H and O–H groups in total. The topological polar surface area (TPSA) is 144 Å². The van der Waals surface area contributed by atoms with E-state index in [0.717, 1.165) is 33.7 Å². The molecule has 3 aromatic carbocycles. The Balaban J connectivity index is 0.00000241. The number of H-pyrrole nitrogens is 1. The Labute approximate surface area is 237 Å². The molecule has 0 aliphatic heterocycles. The van der Waals surface area contributed by atoms with Crippen molar-refractivity contribution >= 4 is 26.5 Å². The van der Waals surface area contributed by atoms with Crippen LogP contribution in [0.1, 0.15) is 26.3 Å². The van der Waals surface area contributed by atoms with Crippen LogP contribution >= 0.6 is 0 Å². The minimum Gasteiger partial charge on any atom is -0.577 e. The molecular formula is C26H28N3NaO6S. The van der Waals surface area contributed by atoms with Crippen LogP contribution in [-0.2, 0) is 15.4 Å². The van der Waals surface area contributed by atoms with Crippen LogP contribution in [0.4, 0.5) is 5.69 Å². The van der Waals surface area contributed by atoms with Gasteiger partial charge in [-0.2, -0.15) is 0 Å². The Hall–Kier alpha value is -2.89. The van der Waals surface area contributed by atoms with Crippen molar-refractivity contribution in [2.75, 3.05) is 13.4 Å². The molecule has 0 saturated heterocycles. The van der Waals surface area contributed by atoms with E-state index in [1.54, 1.807) is 19.2 Å². The minimum absolute atomic E-state index is 0. The number of nitrogens with zero attached hydrogens (tertiary/aromatic N) is 2.